The molecule has 2 aromatic carbocycles. The lowest BCUT2D eigenvalue weighted by molar-refractivity contribution is 0.241. The molecule has 2 nitrogen and oxygen atoms in total. The van der Waals surface area contributed by atoms with Crippen molar-refractivity contribution in [1.82, 2.24) is 4.90 Å². The second-order valence-corrected chi connectivity index (χ2v) is 26.6. The highest BCUT2D eigenvalue weighted by Gasteiger charge is 2.39. The van der Waals surface area contributed by atoms with Crippen molar-refractivity contribution in [2.45, 2.75) is 185 Å². The van der Waals surface area contributed by atoms with Gasteiger partial charge in [-0.05, 0) is 174 Å². The van der Waals surface area contributed by atoms with E-state index in [-0.39, 0.29) is 32.5 Å². The molecule has 1 radical (unpaired) electrons. The molecule has 367 valence electrons. The predicted molar refractivity (Wildman–Crippen MR) is 308 cm³/mol. The number of fused-ring (bicyclic) bond motifs is 5. The SMILES string of the molecule is C/C=C\C1=C/CN(C2=C/CC(C)(C)CCC(C)(C)C/C=C\2)c2sc3cc4c(cc3c2[B]C(/C=C(\CC(C)C)C(C)(C)CC)=C(/C)N1C1=C\c2ccccc2C(C)(C)/C=C/C=C\1)C(C)(C)CCC4(C)C. The fraction of sp³-hybridized carbons (Fsp3) is 0.508. The molecule has 1 aliphatic heterocycles. The summed E-state index contributed by atoms with van der Waals surface area (Å²) < 4.78 is 1.38. The van der Waals surface area contributed by atoms with Gasteiger partial charge < -0.3 is 9.80 Å². The number of allylic oxidation sites excluding steroid dienone is 13. The largest absolute Gasteiger partial charge is 0.330 e. The fourth-order valence-electron chi connectivity index (χ4n) is 11.0. The predicted octanol–water partition coefficient (Wildman–Crippen LogP) is 18.3. The number of hydrogen-bond donors (Lipinski definition) is 0. The minimum Gasteiger partial charge on any atom is -0.330 e. The maximum absolute atomic E-state index is 2.69. The number of nitrogens with zero attached hydrogens (tertiary/aromatic N) is 2. The zero-order valence-corrected chi connectivity index (χ0v) is 47.0. The van der Waals surface area contributed by atoms with Crippen molar-refractivity contribution < 1.29 is 0 Å². The molecule has 0 N–H and O–H groups in total. The van der Waals surface area contributed by atoms with Crippen molar-refractivity contribution in [2.75, 3.05) is 11.4 Å². The number of benzene rings is 2. The average Bonchev–Trinajstić information content (AvgIpc) is 3.65. The molecule has 69 heavy (non-hydrogen) atoms. The molecule has 4 heteroatoms. The van der Waals surface area contributed by atoms with E-state index in [4.69, 9.17) is 0 Å². The summed E-state index contributed by atoms with van der Waals surface area (Å²) in [6, 6.07) is 14.3. The molecule has 0 amide bonds. The maximum atomic E-state index is 2.69. The van der Waals surface area contributed by atoms with Crippen LogP contribution >= 0.6 is 11.3 Å². The molecule has 0 atom stereocenters. The van der Waals surface area contributed by atoms with Gasteiger partial charge in [0.2, 0.25) is 0 Å². The van der Waals surface area contributed by atoms with Gasteiger partial charge in [-0.15, -0.1) is 11.3 Å². The molecular formula is C65H88BN2S. The fourth-order valence-corrected chi connectivity index (χ4v) is 12.2. The van der Waals surface area contributed by atoms with E-state index in [0.29, 0.717) is 5.92 Å². The van der Waals surface area contributed by atoms with Crippen molar-refractivity contribution in [2.24, 2.45) is 22.2 Å². The lowest BCUT2D eigenvalue weighted by Gasteiger charge is -2.42. The Balaban J connectivity index is 1.63. The van der Waals surface area contributed by atoms with E-state index in [2.05, 4.69) is 244 Å². The van der Waals surface area contributed by atoms with Crippen LogP contribution in [0, 0.1) is 22.2 Å². The van der Waals surface area contributed by atoms with E-state index >= 15 is 0 Å². The number of rotatable bonds is 8. The van der Waals surface area contributed by atoms with Crippen LogP contribution in [0.5, 0.6) is 0 Å². The van der Waals surface area contributed by atoms with Crippen LogP contribution in [0.25, 0.3) is 16.2 Å². The summed E-state index contributed by atoms with van der Waals surface area (Å²) in [5, 5.41) is 2.71. The quantitative estimate of drug-likeness (QED) is 0.208. The van der Waals surface area contributed by atoms with Crippen LogP contribution < -0.4 is 10.4 Å². The molecule has 0 fully saturated rings. The Labute approximate surface area is 426 Å². The van der Waals surface area contributed by atoms with E-state index in [1.165, 1.54) is 96.6 Å². The number of hydrogen-bond acceptors (Lipinski definition) is 3. The monoisotopic (exact) mass is 940 g/mol. The first-order valence-corrected chi connectivity index (χ1v) is 27.4. The normalized spacial score (nSPS) is 26.3. The lowest BCUT2D eigenvalue weighted by Crippen LogP contribution is -2.34. The third-order valence-corrected chi connectivity index (χ3v) is 17.7. The van der Waals surface area contributed by atoms with Crippen LogP contribution in [0.2, 0.25) is 0 Å². The first-order chi connectivity index (χ1) is 32.3. The van der Waals surface area contributed by atoms with Crippen molar-refractivity contribution in [1.29, 1.82) is 0 Å². The minimum absolute atomic E-state index is 0.0205. The van der Waals surface area contributed by atoms with Gasteiger partial charge in [0.25, 0.3) is 0 Å². The molecule has 7 rings (SSSR count). The zero-order chi connectivity index (χ0) is 50.3. The summed E-state index contributed by atoms with van der Waals surface area (Å²) in [5.74, 6) is 0.523. The molecule has 0 unspecified atom stereocenters. The van der Waals surface area contributed by atoms with Crippen molar-refractivity contribution in [3.05, 3.63) is 159 Å². The van der Waals surface area contributed by atoms with Gasteiger partial charge >= 0.3 is 0 Å². The van der Waals surface area contributed by atoms with Gasteiger partial charge in [0, 0.05) is 39.4 Å². The van der Waals surface area contributed by atoms with Crippen molar-refractivity contribution in [3.63, 3.8) is 0 Å². The van der Waals surface area contributed by atoms with Gasteiger partial charge in [-0.2, -0.15) is 0 Å². The Morgan fingerprint density at radius 2 is 1.48 bits per heavy atom. The van der Waals surface area contributed by atoms with E-state index in [9.17, 15) is 0 Å². The third-order valence-electron chi connectivity index (χ3n) is 16.5. The minimum atomic E-state index is -0.134. The highest BCUT2D eigenvalue weighted by atomic mass is 32.1. The van der Waals surface area contributed by atoms with E-state index in [1.807, 2.05) is 11.3 Å². The van der Waals surface area contributed by atoms with Gasteiger partial charge in [-0.3, -0.25) is 0 Å². The van der Waals surface area contributed by atoms with E-state index < -0.39 is 0 Å². The summed E-state index contributed by atoms with van der Waals surface area (Å²) in [7, 11) is 2.62. The van der Waals surface area contributed by atoms with Crippen LogP contribution in [-0.4, -0.2) is 18.7 Å². The van der Waals surface area contributed by atoms with Crippen LogP contribution in [0.15, 0.2) is 137 Å². The first-order valence-electron chi connectivity index (χ1n) is 26.6. The second-order valence-electron chi connectivity index (χ2n) is 25.6. The molecule has 0 saturated carbocycles. The summed E-state index contributed by atoms with van der Waals surface area (Å²) in [6.07, 6.45) is 37.9. The van der Waals surface area contributed by atoms with Gasteiger partial charge in [0.1, 0.15) is 0 Å². The highest BCUT2D eigenvalue weighted by molar-refractivity contribution is 7.24. The Bertz CT molecular complexity index is 2680. The van der Waals surface area contributed by atoms with Crippen molar-refractivity contribution >= 4 is 45.2 Å². The third kappa shape index (κ3) is 11.6. The number of thiophene rings is 1. The van der Waals surface area contributed by atoms with Crippen molar-refractivity contribution in [3.8, 4) is 0 Å². The molecule has 0 bridgehead atoms. The molecule has 3 aromatic rings. The summed E-state index contributed by atoms with van der Waals surface area (Å²) >= 11 is 2.01. The maximum Gasteiger partial charge on any atom is 0.198 e. The van der Waals surface area contributed by atoms with Crippen LogP contribution in [0.4, 0.5) is 5.00 Å². The Hall–Kier alpha value is -4.28. The van der Waals surface area contributed by atoms with Gasteiger partial charge in [-0.25, -0.2) is 0 Å². The Morgan fingerprint density at radius 1 is 0.812 bits per heavy atom. The molecular weight excluding hydrogens is 852 g/mol. The molecule has 0 spiro atoms. The van der Waals surface area contributed by atoms with Crippen LogP contribution in [0.1, 0.15) is 191 Å². The molecule has 2 heterocycles. The van der Waals surface area contributed by atoms with Crippen LogP contribution in [0.3, 0.4) is 0 Å². The molecule has 4 aliphatic rings. The zero-order valence-electron chi connectivity index (χ0n) is 46.2. The average molecular weight is 940 g/mol. The highest BCUT2D eigenvalue weighted by Crippen LogP contribution is 2.49. The van der Waals surface area contributed by atoms with Gasteiger partial charge in [0.15, 0.2) is 7.28 Å². The molecule has 0 saturated heterocycles. The summed E-state index contributed by atoms with van der Waals surface area (Å²) in [5.41, 5.74) is 15.1. The second kappa shape index (κ2) is 20.1. The van der Waals surface area contributed by atoms with Gasteiger partial charge in [0.05, 0.1) is 5.00 Å². The smallest absolute Gasteiger partial charge is 0.198 e. The van der Waals surface area contributed by atoms with E-state index in [1.54, 1.807) is 0 Å². The number of anilines is 1. The molecule has 1 aromatic heterocycles. The Morgan fingerprint density at radius 3 is 2.14 bits per heavy atom. The van der Waals surface area contributed by atoms with Gasteiger partial charge in [-0.1, -0.05) is 182 Å². The van der Waals surface area contributed by atoms with Crippen LogP contribution in [-0.2, 0) is 16.2 Å². The standard InChI is InChI=1S/C65H88BN2S/c1-18-25-50-31-39-67(49-28-24-32-60(6,7)35-36-61(8,9)34-30-49)59-58(52-43-54-55(44-57(52)69-59)65(16,17)38-37-64(54,14)15)66-56(42-48(40-45(3)4)62(10,11)19-2)46(5)68(50)51-27-22-23-33-63(12,13)53-29-21-20-26-47(53)41-51/h18,20-31,33,41-45H,19,32,34-40H2,1-17H3/b25-18-,27-22-,28-24-,33-23+,48-42+,49-30+,50-31+,51-41-,56-46-. The summed E-state index contributed by atoms with van der Waals surface area (Å²) in [6.45, 7) is 41.8. The Kier molecular flexibility index (Phi) is 15.3. The first kappa shape index (κ1) is 52.5. The lowest BCUT2D eigenvalue weighted by atomic mass is 9.59. The summed E-state index contributed by atoms with van der Waals surface area (Å²) in [4.78, 5) is 5.26. The van der Waals surface area contributed by atoms with E-state index in [0.717, 1.165) is 37.9 Å². The topological polar surface area (TPSA) is 6.48 Å². The molecule has 3 aliphatic carbocycles.